The molecule has 0 bridgehead atoms. The molecule has 8 nitrogen and oxygen atoms in total. The van der Waals surface area contributed by atoms with Crippen LogP contribution in [0, 0.1) is 21.4 Å². The van der Waals surface area contributed by atoms with Crippen molar-refractivity contribution in [1.82, 2.24) is 4.98 Å². The number of hydrogen-bond acceptors (Lipinski definition) is 7. The van der Waals surface area contributed by atoms with E-state index in [0.717, 1.165) is 12.4 Å². The zero-order valence-electron chi connectivity index (χ0n) is 8.65. The van der Waals surface area contributed by atoms with Crippen LogP contribution >= 0.6 is 0 Å². The number of nitro groups is 1. The zero-order chi connectivity index (χ0) is 13.0. The first-order valence-corrected chi connectivity index (χ1v) is 4.59. The Morgan fingerprint density at radius 2 is 2.24 bits per heavy atom. The highest BCUT2D eigenvalue weighted by molar-refractivity contribution is 5.62. The van der Waals surface area contributed by atoms with Crippen molar-refractivity contribution < 1.29 is 15.1 Å². The second kappa shape index (κ2) is 5.20. The molecule has 90 valence electrons. The van der Waals surface area contributed by atoms with Gasteiger partial charge in [0, 0.05) is 11.8 Å². The molecule has 1 aromatic heterocycles. The van der Waals surface area contributed by atoms with Gasteiger partial charge < -0.3 is 15.9 Å². The summed E-state index contributed by atoms with van der Waals surface area (Å²) in [5.74, 6) is 0. The van der Waals surface area contributed by atoms with Gasteiger partial charge in [-0.25, -0.2) is 0 Å². The highest BCUT2D eigenvalue weighted by atomic mass is 16.6. The predicted octanol–water partition coefficient (Wildman–Crippen LogP) is -0.120. The third kappa shape index (κ3) is 2.66. The molecular formula is C9H10N4O4. The second-order valence-electron chi connectivity index (χ2n) is 3.29. The molecule has 17 heavy (non-hydrogen) atoms. The summed E-state index contributed by atoms with van der Waals surface area (Å²) in [4.78, 5) is 13.4. The summed E-state index contributed by atoms with van der Waals surface area (Å²) >= 11 is 0. The number of nitrogens with zero attached hydrogens (tertiary/aromatic N) is 3. The first-order valence-electron chi connectivity index (χ1n) is 4.59. The van der Waals surface area contributed by atoms with Crippen LogP contribution in [0.5, 0.6) is 0 Å². The standard InChI is InChI=1S/C9H10N4O4/c10-2-1-7(14)9(15)5-3-12-4-6(8(5)11)13(16)17/h3-4,7,9,14-15H,1H2,(H2,11,12). The molecule has 0 aliphatic carbocycles. The Bertz CT molecular complexity index is 471. The molecule has 0 aliphatic heterocycles. The van der Waals surface area contributed by atoms with Gasteiger partial charge in [-0.15, -0.1) is 0 Å². The van der Waals surface area contributed by atoms with Gasteiger partial charge in [0.15, 0.2) is 0 Å². The van der Waals surface area contributed by atoms with Gasteiger partial charge in [-0.2, -0.15) is 5.26 Å². The number of nitrogens with two attached hydrogens (primary N) is 1. The van der Waals surface area contributed by atoms with Crippen LogP contribution in [-0.2, 0) is 0 Å². The lowest BCUT2D eigenvalue weighted by Crippen LogP contribution is -2.19. The molecule has 0 fully saturated rings. The zero-order valence-corrected chi connectivity index (χ0v) is 8.65. The van der Waals surface area contributed by atoms with Crippen LogP contribution in [0.25, 0.3) is 0 Å². The van der Waals surface area contributed by atoms with E-state index in [9.17, 15) is 20.3 Å². The summed E-state index contributed by atoms with van der Waals surface area (Å²) < 4.78 is 0. The lowest BCUT2D eigenvalue weighted by Gasteiger charge is -2.16. The maximum Gasteiger partial charge on any atom is 0.310 e. The summed E-state index contributed by atoms with van der Waals surface area (Å²) in [6.45, 7) is 0. The van der Waals surface area contributed by atoms with Gasteiger partial charge in [-0.3, -0.25) is 15.1 Å². The summed E-state index contributed by atoms with van der Waals surface area (Å²) in [5, 5.41) is 38.0. The highest BCUT2D eigenvalue weighted by Gasteiger charge is 2.25. The van der Waals surface area contributed by atoms with E-state index in [0.29, 0.717) is 0 Å². The van der Waals surface area contributed by atoms with E-state index < -0.39 is 22.8 Å². The molecule has 4 N–H and O–H groups in total. The highest BCUT2D eigenvalue weighted by Crippen LogP contribution is 2.30. The van der Waals surface area contributed by atoms with E-state index in [-0.39, 0.29) is 17.7 Å². The molecule has 0 spiro atoms. The Labute approximate surface area is 96.1 Å². The SMILES string of the molecule is N#CCC(O)C(O)c1cncc([N+](=O)[O-])c1N. The molecule has 0 saturated carbocycles. The van der Waals surface area contributed by atoms with E-state index in [2.05, 4.69) is 4.98 Å². The molecule has 2 unspecified atom stereocenters. The van der Waals surface area contributed by atoms with Crippen LogP contribution in [0.2, 0.25) is 0 Å². The first-order chi connectivity index (χ1) is 7.99. The third-order valence-electron chi connectivity index (χ3n) is 2.18. The monoisotopic (exact) mass is 238 g/mol. The Balaban J connectivity index is 3.11. The minimum Gasteiger partial charge on any atom is -0.393 e. The maximum atomic E-state index is 10.6. The number of rotatable bonds is 4. The van der Waals surface area contributed by atoms with Gasteiger partial charge >= 0.3 is 5.69 Å². The molecule has 1 rings (SSSR count). The van der Waals surface area contributed by atoms with Crippen LogP contribution in [0.1, 0.15) is 18.1 Å². The number of aliphatic hydroxyl groups is 2. The van der Waals surface area contributed by atoms with Crippen molar-refractivity contribution in [3.8, 4) is 6.07 Å². The lowest BCUT2D eigenvalue weighted by molar-refractivity contribution is -0.384. The summed E-state index contributed by atoms with van der Waals surface area (Å²) in [6, 6.07) is 1.67. The van der Waals surface area contributed by atoms with Gasteiger partial charge in [0.25, 0.3) is 0 Å². The van der Waals surface area contributed by atoms with Gasteiger partial charge in [-0.05, 0) is 0 Å². The van der Waals surface area contributed by atoms with Crippen LogP contribution < -0.4 is 5.73 Å². The number of pyridine rings is 1. The van der Waals surface area contributed by atoms with Crippen molar-refractivity contribution >= 4 is 11.4 Å². The van der Waals surface area contributed by atoms with E-state index in [1.807, 2.05) is 0 Å². The first kappa shape index (κ1) is 12.8. The smallest absolute Gasteiger partial charge is 0.310 e. The Hall–Kier alpha value is -2.24. The van der Waals surface area contributed by atoms with E-state index in [4.69, 9.17) is 11.0 Å². The molecule has 1 heterocycles. The van der Waals surface area contributed by atoms with Crippen LogP contribution in [0.4, 0.5) is 11.4 Å². The molecule has 8 heteroatoms. The minimum absolute atomic E-state index is 0.0676. The van der Waals surface area contributed by atoms with Crippen molar-refractivity contribution in [3.05, 3.63) is 28.1 Å². The quantitative estimate of drug-likeness (QED) is 0.489. The molecule has 1 aromatic rings. The van der Waals surface area contributed by atoms with Crippen LogP contribution in [-0.4, -0.2) is 26.2 Å². The van der Waals surface area contributed by atoms with Gasteiger partial charge in [-0.1, -0.05) is 0 Å². The fraction of sp³-hybridized carbons (Fsp3) is 0.333. The van der Waals surface area contributed by atoms with Gasteiger partial charge in [0.05, 0.1) is 23.5 Å². The van der Waals surface area contributed by atoms with Crippen molar-refractivity contribution in [2.24, 2.45) is 0 Å². The largest absolute Gasteiger partial charge is 0.393 e. The number of aliphatic hydroxyl groups excluding tert-OH is 2. The Morgan fingerprint density at radius 1 is 1.59 bits per heavy atom. The summed E-state index contributed by atoms with van der Waals surface area (Å²) in [6.07, 6.45) is -1.10. The average Bonchev–Trinajstić information content (AvgIpc) is 2.28. The molecule has 0 aromatic carbocycles. The van der Waals surface area contributed by atoms with E-state index in [1.54, 1.807) is 6.07 Å². The minimum atomic E-state index is -1.48. The summed E-state index contributed by atoms with van der Waals surface area (Å²) in [7, 11) is 0. The van der Waals surface area contributed by atoms with E-state index in [1.165, 1.54) is 0 Å². The van der Waals surface area contributed by atoms with Crippen molar-refractivity contribution in [3.63, 3.8) is 0 Å². The molecule has 0 aliphatic rings. The number of nitrogen functional groups attached to an aromatic ring is 1. The topological polar surface area (TPSA) is 146 Å². The molecule has 0 amide bonds. The number of nitriles is 1. The van der Waals surface area contributed by atoms with Gasteiger partial charge in [0.2, 0.25) is 0 Å². The van der Waals surface area contributed by atoms with Crippen molar-refractivity contribution in [2.45, 2.75) is 18.6 Å². The average molecular weight is 238 g/mol. The van der Waals surface area contributed by atoms with E-state index >= 15 is 0 Å². The number of aromatic nitrogens is 1. The molecular weight excluding hydrogens is 228 g/mol. The normalized spacial score (nSPS) is 13.7. The maximum absolute atomic E-state index is 10.6. The number of hydrogen-bond donors (Lipinski definition) is 3. The molecule has 0 radical (unpaired) electrons. The van der Waals surface area contributed by atoms with Crippen LogP contribution in [0.3, 0.4) is 0 Å². The fourth-order valence-corrected chi connectivity index (χ4v) is 1.27. The molecule has 2 atom stereocenters. The van der Waals surface area contributed by atoms with Crippen molar-refractivity contribution in [1.29, 1.82) is 5.26 Å². The lowest BCUT2D eigenvalue weighted by atomic mass is 10.0. The van der Waals surface area contributed by atoms with Crippen molar-refractivity contribution in [2.75, 3.05) is 5.73 Å². The van der Waals surface area contributed by atoms with Gasteiger partial charge in [0.1, 0.15) is 18.0 Å². The third-order valence-corrected chi connectivity index (χ3v) is 2.18. The predicted molar refractivity (Wildman–Crippen MR) is 56.5 cm³/mol. The molecule has 0 saturated heterocycles. The Kier molecular flexibility index (Phi) is 3.92. The Morgan fingerprint density at radius 3 is 2.76 bits per heavy atom. The summed E-state index contributed by atoms with van der Waals surface area (Å²) in [5.41, 5.74) is 4.69. The van der Waals surface area contributed by atoms with Crippen LogP contribution in [0.15, 0.2) is 12.4 Å². The second-order valence-corrected chi connectivity index (χ2v) is 3.29. The fourth-order valence-electron chi connectivity index (χ4n) is 1.27. The number of anilines is 1.